The highest BCUT2D eigenvalue weighted by Gasteiger charge is 2.43. The lowest BCUT2D eigenvalue weighted by molar-refractivity contribution is -0.158. The summed E-state index contributed by atoms with van der Waals surface area (Å²) in [5, 5.41) is 0.752. The van der Waals surface area contributed by atoms with Crippen LogP contribution in [0.2, 0.25) is 0 Å². The summed E-state index contributed by atoms with van der Waals surface area (Å²) >= 11 is 1.48. The normalized spacial score (nSPS) is 18.5. The quantitative estimate of drug-likeness (QED) is 0.413. The van der Waals surface area contributed by atoms with Crippen molar-refractivity contribution in [2.45, 2.75) is 57.1 Å². The fourth-order valence-corrected chi connectivity index (χ4v) is 4.78. The number of ether oxygens (including phenoxy) is 1. The summed E-state index contributed by atoms with van der Waals surface area (Å²) < 4.78 is 5.27. The van der Waals surface area contributed by atoms with Gasteiger partial charge in [0.05, 0.1) is 5.56 Å². The monoisotopic (exact) mass is 433 g/mol. The standard InChI is InChI=1S/C22H31N3O4S/c1-21(2,3)29-18(27)14-17(26)25-13-9-22(15-25)7-11-24(12-8-22)20(28)16-6-5-10-23-19(16)30-4/h5-6,10H,7-9,11-15H2,1-4H3. The second-order valence-electron chi connectivity index (χ2n) is 9.18. The summed E-state index contributed by atoms with van der Waals surface area (Å²) in [7, 11) is 0. The lowest BCUT2D eigenvalue weighted by atomic mass is 9.77. The van der Waals surface area contributed by atoms with E-state index >= 15 is 0 Å². The third-order valence-electron chi connectivity index (χ3n) is 5.81. The zero-order valence-electron chi connectivity index (χ0n) is 18.3. The number of rotatable bonds is 4. The number of likely N-dealkylation sites (tertiary alicyclic amines) is 2. The molecule has 1 spiro atoms. The van der Waals surface area contributed by atoms with Crippen molar-refractivity contribution in [1.82, 2.24) is 14.8 Å². The molecule has 0 bridgehead atoms. The Morgan fingerprint density at radius 3 is 2.37 bits per heavy atom. The van der Waals surface area contributed by atoms with Crippen molar-refractivity contribution in [3.63, 3.8) is 0 Å². The van der Waals surface area contributed by atoms with Gasteiger partial charge in [0.1, 0.15) is 17.0 Å². The first-order chi connectivity index (χ1) is 14.1. The molecule has 3 heterocycles. The van der Waals surface area contributed by atoms with E-state index < -0.39 is 11.6 Å². The first kappa shape index (κ1) is 22.6. The summed E-state index contributed by atoms with van der Waals surface area (Å²) in [5.74, 6) is -0.618. The predicted molar refractivity (Wildman–Crippen MR) is 115 cm³/mol. The van der Waals surface area contributed by atoms with E-state index in [2.05, 4.69) is 4.98 Å². The maximum absolute atomic E-state index is 12.9. The zero-order valence-corrected chi connectivity index (χ0v) is 19.1. The Morgan fingerprint density at radius 1 is 1.13 bits per heavy atom. The molecule has 164 valence electrons. The number of thioether (sulfide) groups is 1. The van der Waals surface area contributed by atoms with Crippen LogP contribution in [0.5, 0.6) is 0 Å². The first-order valence-corrected chi connectivity index (χ1v) is 11.6. The Kier molecular flexibility index (Phi) is 6.75. The number of piperidine rings is 1. The third kappa shape index (κ3) is 5.33. The molecule has 8 heteroatoms. The van der Waals surface area contributed by atoms with Crippen LogP contribution in [0.3, 0.4) is 0 Å². The molecule has 0 saturated carbocycles. The Balaban J connectivity index is 1.54. The van der Waals surface area contributed by atoms with Gasteiger partial charge in [-0.15, -0.1) is 11.8 Å². The minimum absolute atomic E-state index is 0.0261. The maximum atomic E-state index is 12.9. The van der Waals surface area contributed by atoms with E-state index in [9.17, 15) is 14.4 Å². The van der Waals surface area contributed by atoms with Gasteiger partial charge in [-0.3, -0.25) is 14.4 Å². The smallest absolute Gasteiger partial charge is 0.315 e. The molecule has 1 aromatic rings. The van der Waals surface area contributed by atoms with Crippen molar-refractivity contribution in [2.24, 2.45) is 5.41 Å². The van der Waals surface area contributed by atoms with E-state index in [0.717, 1.165) is 24.3 Å². The van der Waals surface area contributed by atoms with Crippen LogP contribution in [-0.2, 0) is 14.3 Å². The number of carbonyl (C=O) groups is 3. The topological polar surface area (TPSA) is 79.8 Å². The SMILES string of the molecule is CSc1ncccc1C(=O)N1CCC2(CCN(C(=O)CC(=O)OC(C)(C)C)C2)CC1. The summed E-state index contributed by atoms with van der Waals surface area (Å²) in [4.78, 5) is 45.4. The minimum atomic E-state index is -0.590. The fraction of sp³-hybridized carbons (Fsp3) is 0.636. The highest BCUT2D eigenvalue weighted by atomic mass is 32.2. The molecule has 0 unspecified atom stereocenters. The molecule has 0 atom stereocenters. The zero-order chi connectivity index (χ0) is 21.9. The van der Waals surface area contributed by atoms with Gasteiger partial charge in [0.25, 0.3) is 5.91 Å². The average molecular weight is 434 g/mol. The molecule has 2 aliphatic rings. The highest BCUT2D eigenvalue weighted by molar-refractivity contribution is 7.98. The van der Waals surface area contributed by atoms with E-state index in [-0.39, 0.29) is 23.7 Å². The largest absolute Gasteiger partial charge is 0.460 e. The molecule has 2 saturated heterocycles. The van der Waals surface area contributed by atoms with Gasteiger partial charge < -0.3 is 14.5 Å². The van der Waals surface area contributed by atoms with Crippen LogP contribution in [0.25, 0.3) is 0 Å². The molecule has 2 aliphatic heterocycles. The number of carbonyl (C=O) groups excluding carboxylic acids is 3. The second-order valence-corrected chi connectivity index (χ2v) is 9.98. The molecule has 3 rings (SSSR count). The minimum Gasteiger partial charge on any atom is -0.460 e. The molecule has 0 aliphatic carbocycles. The molecule has 1 aromatic heterocycles. The average Bonchev–Trinajstić information content (AvgIpc) is 3.10. The Bertz CT molecular complexity index is 813. The molecule has 7 nitrogen and oxygen atoms in total. The van der Waals surface area contributed by atoms with Gasteiger partial charge in [0.15, 0.2) is 0 Å². The number of nitrogens with zero attached hydrogens (tertiary/aromatic N) is 3. The van der Waals surface area contributed by atoms with Gasteiger partial charge in [-0.25, -0.2) is 4.98 Å². The molecule has 0 N–H and O–H groups in total. The fourth-order valence-electron chi connectivity index (χ4n) is 4.24. The van der Waals surface area contributed by atoms with Crippen molar-refractivity contribution in [1.29, 1.82) is 0 Å². The van der Waals surface area contributed by atoms with Gasteiger partial charge in [0, 0.05) is 32.4 Å². The van der Waals surface area contributed by atoms with E-state index in [1.165, 1.54) is 11.8 Å². The molecule has 2 amide bonds. The molecule has 30 heavy (non-hydrogen) atoms. The van der Waals surface area contributed by atoms with Gasteiger partial charge in [0.2, 0.25) is 5.91 Å². The summed E-state index contributed by atoms with van der Waals surface area (Å²) in [6.45, 7) is 8.05. The van der Waals surface area contributed by atoms with Gasteiger partial charge >= 0.3 is 5.97 Å². The Hall–Kier alpha value is -2.09. The highest BCUT2D eigenvalue weighted by Crippen LogP contribution is 2.41. The Labute approximate surface area is 182 Å². The number of esters is 1. The molecule has 0 radical (unpaired) electrons. The van der Waals surface area contributed by atoms with Crippen LogP contribution in [-0.4, -0.2) is 70.6 Å². The van der Waals surface area contributed by atoms with Crippen molar-refractivity contribution in [3.8, 4) is 0 Å². The van der Waals surface area contributed by atoms with E-state index in [1.54, 1.807) is 37.9 Å². The van der Waals surface area contributed by atoms with Gasteiger partial charge in [-0.1, -0.05) is 0 Å². The number of amides is 2. The Morgan fingerprint density at radius 2 is 1.77 bits per heavy atom. The summed E-state index contributed by atoms with van der Waals surface area (Å²) in [6, 6.07) is 3.63. The molecular formula is C22H31N3O4S. The van der Waals surface area contributed by atoms with Crippen molar-refractivity contribution in [3.05, 3.63) is 23.9 Å². The van der Waals surface area contributed by atoms with E-state index in [4.69, 9.17) is 4.74 Å². The third-order valence-corrected chi connectivity index (χ3v) is 6.52. The van der Waals surface area contributed by atoms with Crippen LogP contribution in [0.1, 0.15) is 56.8 Å². The number of aromatic nitrogens is 1. The van der Waals surface area contributed by atoms with Gasteiger partial charge in [-0.05, 0) is 63.8 Å². The lowest BCUT2D eigenvalue weighted by Crippen LogP contribution is -2.45. The van der Waals surface area contributed by atoms with E-state index in [0.29, 0.717) is 31.7 Å². The van der Waals surface area contributed by atoms with Crippen LogP contribution in [0.15, 0.2) is 23.4 Å². The molecule has 0 aromatic carbocycles. The van der Waals surface area contributed by atoms with Crippen LogP contribution < -0.4 is 0 Å². The number of hydrogen-bond donors (Lipinski definition) is 0. The van der Waals surface area contributed by atoms with Crippen molar-refractivity contribution < 1.29 is 19.1 Å². The first-order valence-electron chi connectivity index (χ1n) is 10.4. The number of hydrogen-bond acceptors (Lipinski definition) is 6. The van der Waals surface area contributed by atoms with Gasteiger partial charge in [-0.2, -0.15) is 0 Å². The lowest BCUT2D eigenvalue weighted by Gasteiger charge is -2.39. The summed E-state index contributed by atoms with van der Waals surface area (Å²) in [5.41, 5.74) is 0.104. The van der Waals surface area contributed by atoms with E-state index in [1.807, 2.05) is 17.2 Å². The molecule has 2 fully saturated rings. The molecular weight excluding hydrogens is 402 g/mol. The van der Waals surface area contributed by atoms with Crippen molar-refractivity contribution in [2.75, 3.05) is 32.4 Å². The maximum Gasteiger partial charge on any atom is 0.315 e. The second kappa shape index (κ2) is 8.96. The van der Waals surface area contributed by atoms with Crippen LogP contribution >= 0.6 is 11.8 Å². The van der Waals surface area contributed by atoms with Crippen molar-refractivity contribution >= 4 is 29.5 Å². The number of pyridine rings is 1. The van der Waals surface area contributed by atoms with Crippen LogP contribution in [0.4, 0.5) is 0 Å². The van der Waals surface area contributed by atoms with Crippen LogP contribution in [0, 0.1) is 5.41 Å². The predicted octanol–water partition coefficient (Wildman–Crippen LogP) is 2.99. The summed E-state index contributed by atoms with van der Waals surface area (Å²) in [6.07, 6.45) is 6.06.